The molecule has 0 aromatic carbocycles. The molecule has 158 valence electrons. The van der Waals surface area contributed by atoms with Crippen molar-refractivity contribution in [1.82, 2.24) is 20.6 Å². The molecule has 1 unspecified atom stereocenters. The van der Waals surface area contributed by atoms with Crippen molar-refractivity contribution in [2.75, 3.05) is 25.1 Å². The second-order valence-electron chi connectivity index (χ2n) is 6.07. The number of esters is 2. The van der Waals surface area contributed by atoms with E-state index in [1.807, 2.05) is 0 Å². The first-order chi connectivity index (χ1) is 14.6. The first-order valence-electron chi connectivity index (χ1n) is 9.26. The maximum Gasteiger partial charge on any atom is 0.338 e. The molecule has 3 N–H and O–H groups in total. The molecule has 2 amide bonds. The molecule has 0 bridgehead atoms. The molecule has 0 fully saturated rings. The molecule has 3 rings (SSSR count). The van der Waals surface area contributed by atoms with E-state index in [1.54, 1.807) is 37.5 Å². The summed E-state index contributed by atoms with van der Waals surface area (Å²) >= 11 is 0. The van der Waals surface area contributed by atoms with E-state index in [0.717, 1.165) is 0 Å². The van der Waals surface area contributed by atoms with Crippen LogP contribution in [0.25, 0.3) is 0 Å². The summed E-state index contributed by atoms with van der Waals surface area (Å²) in [6, 6.07) is 3.51. The minimum atomic E-state index is -0.863. The lowest BCUT2D eigenvalue weighted by molar-refractivity contribution is -0.143. The van der Waals surface area contributed by atoms with E-state index in [9.17, 15) is 14.4 Å². The summed E-state index contributed by atoms with van der Waals surface area (Å²) in [5.74, 6) is -0.440. The fraction of sp³-hybridized carbons (Fsp3) is 0.316. The van der Waals surface area contributed by atoms with Crippen molar-refractivity contribution < 1.29 is 28.3 Å². The van der Waals surface area contributed by atoms with Gasteiger partial charge in [-0.05, 0) is 25.1 Å². The average Bonchev–Trinajstić information content (AvgIpc) is 3.27. The summed E-state index contributed by atoms with van der Waals surface area (Å²) in [5, 5.41) is 8.01. The van der Waals surface area contributed by atoms with E-state index < -0.39 is 24.0 Å². The minimum Gasteiger partial charge on any atom is -0.467 e. The highest BCUT2D eigenvalue weighted by Crippen LogP contribution is 2.28. The van der Waals surface area contributed by atoms with Gasteiger partial charge in [0.15, 0.2) is 0 Å². The molecule has 11 nitrogen and oxygen atoms in total. The van der Waals surface area contributed by atoms with Gasteiger partial charge in [0, 0.05) is 18.9 Å². The smallest absolute Gasteiger partial charge is 0.338 e. The molecule has 0 radical (unpaired) electrons. The summed E-state index contributed by atoms with van der Waals surface area (Å²) in [6.07, 6.45) is 4.61. The Kier molecular flexibility index (Phi) is 6.98. The standard InChI is InChI=1S/C19H21N5O6/c1-2-28-17(26)15-12(23-19(27)24-16(15)13-5-3-10-29-13)11-30-14(25)6-9-22-18-20-7-4-8-21-18/h3-5,7-8,10,16H,2,6,9,11H2,1H3,(H,20,21,22)(H2,23,24,27). The summed E-state index contributed by atoms with van der Waals surface area (Å²) in [7, 11) is 0. The number of nitrogens with one attached hydrogen (secondary N) is 3. The molecule has 11 heteroatoms. The van der Waals surface area contributed by atoms with E-state index in [2.05, 4.69) is 25.9 Å². The zero-order valence-corrected chi connectivity index (χ0v) is 16.2. The third-order valence-electron chi connectivity index (χ3n) is 4.03. The number of aromatic nitrogens is 2. The number of ether oxygens (including phenoxy) is 2. The van der Waals surface area contributed by atoms with Crippen molar-refractivity contribution in [2.24, 2.45) is 0 Å². The Morgan fingerprint density at radius 1 is 1.23 bits per heavy atom. The third kappa shape index (κ3) is 5.34. The number of carbonyl (C=O) groups is 3. The topological polar surface area (TPSA) is 145 Å². The van der Waals surface area contributed by atoms with Gasteiger partial charge in [-0.2, -0.15) is 0 Å². The van der Waals surface area contributed by atoms with Gasteiger partial charge in [-0.15, -0.1) is 0 Å². The Labute approximate surface area is 171 Å². The van der Waals surface area contributed by atoms with Crippen LogP contribution in [-0.4, -0.2) is 47.7 Å². The molecule has 1 aliphatic heterocycles. The predicted molar refractivity (Wildman–Crippen MR) is 103 cm³/mol. The van der Waals surface area contributed by atoms with E-state index in [0.29, 0.717) is 11.7 Å². The zero-order valence-electron chi connectivity index (χ0n) is 16.2. The lowest BCUT2D eigenvalue weighted by Gasteiger charge is -2.27. The van der Waals surface area contributed by atoms with Crippen LogP contribution in [0.5, 0.6) is 0 Å². The van der Waals surface area contributed by atoms with E-state index in [4.69, 9.17) is 13.9 Å². The maximum absolute atomic E-state index is 12.5. The number of rotatable bonds is 9. The number of nitrogens with zero attached hydrogens (tertiary/aromatic N) is 2. The van der Waals surface area contributed by atoms with Crippen molar-refractivity contribution in [2.45, 2.75) is 19.4 Å². The summed E-state index contributed by atoms with van der Waals surface area (Å²) in [4.78, 5) is 44.6. The second-order valence-corrected chi connectivity index (χ2v) is 6.07. The molecular weight excluding hydrogens is 394 g/mol. The number of furan rings is 1. The summed E-state index contributed by atoms with van der Waals surface area (Å²) in [6.45, 7) is 1.76. The predicted octanol–water partition coefficient (Wildman–Crippen LogP) is 1.29. The minimum absolute atomic E-state index is 0.0358. The number of anilines is 1. The van der Waals surface area contributed by atoms with Gasteiger partial charge in [-0.25, -0.2) is 19.6 Å². The molecule has 0 spiro atoms. The van der Waals surface area contributed by atoms with Crippen LogP contribution in [0.1, 0.15) is 25.1 Å². The van der Waals surface area contributed by atoms with E-state index in [-0.39, 0.29) is 37.4 Å². The van der Waals surface area contributed by atoms with Crippen LogP contribution in [0, 0.1) is 0 Å². The van der Waals surface area contributed by atoms with Crippen LogP contribution >= 0.6 is 0 Å². The van der Waals surface area contributed by atoms with Gasteiger partial charge >= 0.3 is 18.0 Å². The fourth-order valence-electron chi connectivity index (χ4n) is 2.74. The highest BCUT2D eigenvalue weighted by Gasteiger charge is 2.35. The molecule has 0 saturated carbocycles. The van der Waals surface area contributed by atoms with Gasteiger partial charge in [0.2, 0.25) is 5.95 Å². The first-order valence-corrected chi connectivity index (χ1v) is 9.26. The molecule has 0 aliphatic carbocycles. The second kappa shape index (κ2) is 10.0. The molecule has 1 atom stereocenters. The van der Waals surface area contributed by atoms with Crippen molar-refractivity contribution in [3.05, 3.63) is 53.9 Å². The van der Waals surface area contributed by atoms with Crippen molar-refractivity contribution in [3.63, 3.8) is 0 Å². The molecule has 3 heterocycles. The number of hydrogen-bond acceptors (Lipinski definition) is 9. The molecule has 2 aromatic rings. The van der Waals surface area contributed by atoms with Crippen LogP contribution in [0.3, 0.4) is 0 Å². The quantitative estimate of drug-likeness (QED) is 0.516. The van der Waals surface area contributed by atoms with Gasteiger partial charge in [-0.1, -0.05) is 0 Å². The Hall–Kier alpha value is -3.89. The van der Waals surface area contributed by atoms with E-state index in [1.165, 1.54) is 6.26 Å². The third-order valence-corrected chi connectivity index (χ3v) is 4.03. The molecular formula is C19H21N5O6. The summed E-state index contributed by atoms with van der Waals surface area (Å²) in [5.41, 5.74) is 0.237. The van der Waals surface area contributed by atoms with E-state index >= 15 is 0 Å². The molecule has 0 saturated heterocycles. The lowest BCUT2D eigenvalue weighted by Crippen LogP contribution is -2.47. The summed E-state index contributed by atoms with van der Waals surface area (Å²) < 4.78 is 15.7. The number of carbonyl (C=O) groups excluding carboxylic acids is 3. The highest BCUT2D eigenvalue weighted by molar-refractivity contribution is 5.95. The first kappa shape index (κ1) is 20.8. The number of urea groups is 1. The van der Waals surface area contributed by atoms with Gasteiger partial charge in [0.25, 0.3) is 0 Å². The normalized spacial score (nSPS) is 15.8. The van der Waals surface area contributed by atoms with Gasteiger partial charge in [0.05, 0.1) is 30.6 Å². The average molecular weight is 415 g/mol. The van der Waals surface area contributed by atoms with Crippen LogP contribution < -0.4 is 16.0 Å². The molecule has 2 aromatic heterocycles. The number of hydrogen-bond donors (Lipinski definition) is 3. The van der Waals surface area contributed by atoms with Gasteiger partial charge in [-0.3, -0.25) is 4.79 Å². The van der Waals surface area contributed by atoms with Crippen molar-refractivity contribution in [1.29, 1.82) is 0 Å². The lowest BCUT2D eigenvalue weighted by atomic mass is 10.0. The Morgan fingerprint density at radius 3 is 2.73 bits per heavy atom. The monoisotopic (exact) mass is 415 g/mol. The van der Waals surface area contributed by atoms with Crippen LogP contribution in [0.15, 0.2) is 52.5 Å². The van der Waals surface area contributed by atoms with Gasteiger partial charge in [0.1, 0.15) is 18.4 Å². The molecule has 1 aliphatic rings. The fourth-order valence-corrected chi connectivity index (χ4v) is 2.74. The SMILES string of the molecule is CCOC(=O)C1=C(COC(=O)CCNc2ncccn2)NC(=O)NC1c1ccco1. The highest BCUT2D eigenvalue weighted by atomic mass is 16.5. The molecule has 30 heavy (non-hydrogen) atoms. The maximum atomic E-state index is 12.5. The van der Waals surface area contributed by atoms with Crippen LogP contribution in [-0.2, 0) is 19.1 Å². The van der Waals surface area contributed by atoms with Crippen molar-refractivity contribution in [3.8, 4) is 0 Å². The Balaban J connectivity index is 1.66. The number of amides is 2. The zero-order chi connectivity index (χ0) is 21.3. The van der Waals surface area contributed by atoms with Crippen LogP contribution in [0.4, 0.5) is 10.7 Å². The largest absolute Gasteiger partial charge is 0.467 e. The van der Waals surface area contributed by atoms with Crippen molar-refractivity contribution >= 4 is 23.9 Å². The Morgan fingerprint density at radius 2 is 2.03 bits per heavy atom. The van der Waals surface area contributed by atoms with Gasteiger partial charge < -0.3 is 29.8 Å². The Bertz CT molecular complexity index is 913. The van der Waals surface area contributed by atoms with Crippen LogP contribution in [0.2, 0.25) is 0 Å².